The van der Waals surface area contributed by atoms with Crippen LogP contribution in [-0.4, -0.2) is 22.8 Å². The van der Waals surface area contributed by atoms with Gasteiger partial charge in [0.05, 0.1) is 12.7 Å². The van der Waals surface area contributed by atoms with Gasteiger partial charge in [-0.15, -0.1) is 0 Å². The first-order chi connectivity index (χ1) is 10.0. The Morgan fingerprint density at radius 3 is 2.81 bits per heavy atom. The summed E-state index contributed by atoms with van der Waals surface area (Å²) in [5, 5.41) is 18.0. The lowest BCUT2D eigenvalue weighted by atomic mass is 10.1. The largest absolute Gasteiger partial charge is 0.495 e. The summed E-state index contributed by atoms with van der Waals surface area (Å²) in [4.78, 5) is 22.3. The van der Waals surface area contributed by atoms with Gasteiger partial charge in [-0.05, 0) is 17.7 Å². The van der Waals surface area contributed by atoms with Gasteiger partial charge in [0.15, 0.2) is 5.43 Å². The Kier molecular flexibility index (Phi) is 4.05. The Morgan fingerprint density at radius 2 is 2.19 bits per heavy atom. The SMILES string of the molecule is COc1ccc(Cn2ccc(=O)c(C(=O)O)c2)cc1C#N. The summed E-state index contributed by atoms with van der Waals surface area (Å²) in [7, 11) is 1.48. The van der Waals surface area contributed by atoms with Crippen LogP contribution in [0.25, 0.3) is 0 Å². The fourth-order valence-electron chi connectivity index (χ4n) is 1.94. The maximum atomic E-state index is 11.4. The monoisotopic (exact) mass is 284 g/mol. The van der Waals surface area contributed by atoms with E-state index in [0.717, 1.165) is 5.56 Å². The van der Waals surface area contributed by atoms with Gasteiger partial charge >= 0.3 is 5.97 Å². The van der Waals surface area contributed by atoms with Crippen LogP contribution in [0, 0.1) is 11.3 Å². The maximum Gasteiger partial charge on any atom is 0.341 e. The Morgan fingerprint density at radius 1 is 1.43 bits per heavy atom. The molecule has 0 unspecified atom stereocenters. The third kappa shape index (κ3) is 3.09. The van der Waals surface area contributed by atoms with Crippen LogP contribution in [0.3, 0.4) is 0 Å². The number of carboxylic acids is 1. The molecule has 106 valence electrons. The maximum absolute atomic E-state index is 11.4. The molecule has 0 saturated heterocycles. The number of pyridine rings is 1. The highest BCUT2D eigenvalue weighted by molar-refractivity contribution is 5.86. The molecule has 0 aliphatic carbocycles. The van der Waals surface area contributed by atoms with Crippen LogP contribution in [0.4, 0.5) is 0 Å². The summed E-state index contributed by atoms with van der Waals surface area (Å²) in [6.07, 6.45) is 2.78. The van der Waals surface area contributed by atoms with Crippen molar-refractivity contribution < 1.29 is 14.6 Å². The first-order valence-electron chi connectivity index (χ1n) is 6.05. The molecule has 0 spiro atoms. The number of hydrogen-bond donors (Lipinski definition) is 1. The smallest absolute Gasteiger partial charge is 0.341 e. The minimum Gasteiger partial charge on any atom is -0.495 e. The highest BCUT2D eigenvalue weighted by atomic mass is 16.5. The van der Waals surface area contributed by atoms with Crippen LogP contribution in [-0.2, 0) is 6.54 Å². The number of carbonyl (C=O) groups is 1. The van der Waals surface area contributed by atoms with Gasteiger partial charge in [-0.3, -0.25) is 4.79 Å². The van der Waals surface area contributed by atoms with E-state index in [0.29, 0.717) is 17.9 Å². The standard InChI is InChI=1S/C15H12N2O4/c1-21-14-3-2-10(6-11(14)7-16)8-17-5-4-13(18)12(9-17)15(19)20/h2-6,9H,8H2,1H3,(H,19,20). The molecule has 0 amide bonds. The van der Waals surface area contributed by atoms with E-state index in [4.69, 9.17) is 15.1 Å². The molecular weight excluding hydrogens is 272 g/mol. The van der Waals surface area contributed by atoms with Crippen LogP contribution in [0.5, 0.6) is 5.75 Å². The predicted octanol–water partition coefficient (Wildman–Crippen LogP) is 1.48. The van der Waals surface area contributed by atoms with Gasteiger partial charge in [-0.1, -0.05) is 6.07 Å². The summed E-state index contributed by atoms with van der Waals surface area (Å²) in [5.74, 6) is -0.783. The lowest BCUT2D eigenvalue weighted by Gasteiger charge is -2.09. The molecule has 2 rings (SSSR count). The van der Waals surface area contributed by atoms with Gasteiger partial charge < -0.3 is 14.4 Å². The lowest BCUT2D eigenvalue weighted by molar-refractivity contribution is 0.0694. The quantitative estimate of drug-likeness (QED) is 0.917. The normalized spacial score (nSPS) is 9.90. The highest BCUT2D eigenvalue weighted by Crippen LogP contribution is 2.19. The van der Waals surface area contributed by atoms with E-state index >= 15 is 0 Å². The second-order valence-electron chi connectivity index (χ2n) is 4.35. The number of aromatic carboxylic acids is 1. The van der Waals surface area contributed by atoms with Gasteiger partial charge in [0.1, 0.15) is 17.4 Å². The topological polar surface area (TPSA) is 92.3 Å². The molecule has 0 bridgehead atoms. The van der Waals surface area contributed by atoms with Crippen molar-refractivity contribution in [1.82, 2.24) is 4.57 Å². The molecule has 0 radical (unpaired) electrons. The van der Waals surface area contributed by atoms with Crippen molar-refractivity contribution in [2.24, 2.45) is 0 Å². The number of nitrogens with zero attached hydrogens (tertiary/aromatic N) is 2. The van der Waals surface area contributed by atoms with Crippen LogP contribution >= 0.6 is 0 Å². The molecule has 0 atom stereocenters. The Hall–Kier alpha value is -3.07. The molecule has 2 aromatic rings. The molecule has 21 heavy (non-hydrogen) atoms. The number of carboxylic acid groups (broad SMARTS) is 1. The van der Waals surface area contributed by atoms with E-state index in [1.165, 1.54) is 25.6 Å². The molecule has 0 aliphatic heterocycles. The average molecular weight is 284 g/mol. The van der Waals surface area contributed by atoms with Crippen LogP contribution < -0.4 is 10.2 Å². The van der Waals surface area contributed by atoms with Crippen molar-refractivity contribution in [2.75, 3.05) is 7.11 Å². The second-order valence-corrected chi connectivity index (χ2v) is 4.35. The molecule has 0 fully saturated rings. The van der Waals surface area contributed by atoms with Gasteiger partial charge in [0, 0.05) is 25.0 Å². The van der Waals surface area contributed by atoms with Crippen LogP contribution in [0.1, 0.15) is 21.5 Å². The summed E-state index contributed by atoms with van der Waals surface area (Å²) in [5.41, 5.74) is 0.375. The van der Waals surface area contributed by atoms with E-state index in [2.05, 4.69) is 0 Å². The van der Waals surface area contributed by atoms with Crippen molar-refractivity contribution >= 4 is 5.97 Å². The molecule has 1 heterocycles. The first-order valence-corrected chi connectivity index (χ1v) is 6.05. The first kappa shape index (κ1) is 14.3. The number of nitriles is 1. The number of rotatable bonds is 4. The van der Waals surface area contributed by atoms with Gasteiger partial charge in [-0.2, -0.15) is 5.26 Å². The molecule has 1 N–H and O–H groups in total. The highest BCUT2D eigenvalue weighted by Gasteiger charge is 2.09. The number of methoxy groups -OCH3 is 1. The molecule has 0 aliphatic rings. The molecule has 1 aromatic carbocycles. The number of benzene rings is 1. The second kappa shape index (κ2) is 5.92. The Labute approximate surface area is 120 Å². The molecule has 6 nitrogen and oxygen atoms in total. The number of aromatic nitrogens is 1. The van der Waals surface area contributed by atoms with E-state index in [1.807, 2.05) is 6.07 Å². The molecule has 1 aromatic heterocycles. The Bertz CT molecular complexity index is 787. The minimum atomic E-state index is -1.26. The summed E-state index contributed by atoms with van der Waals surface area (Å²) >= 11 is 0. The molecule has 0 saturated carbocycles. The summed E-state index contributed by atoms with van der Waals surface area (Å²) in [6, 6.07) is 8.35. The van der Waals surface area contributed by atoms with E-state index < -0.39 is 11.4 Å². The van der Waals surface area contributed by atoms with E-state index in [-0.39, 0.29) is 5.56 Å². The third-order valence-electron chi connectivity index (χ3n) is 2.96. The zero-order valence-corrected chi connectivity index (χ0v) is 11.2. The fraction of sp³-hybridized carbons (Fsp3) is 0.133. The fourth-order valence-corrected chi connectivity index (χ4v) is 1.94. The van der Waals surface area contributed by atoms with Gasteiger partial charge in [-0.25, -0.2) is 4.79 Å². The Balaban J connectivity index is 2.35. The predicted molar refractivity (Wildman–Crippen MR) is 74.5 cm³/mol. The lowest BCUT2D eigenvalue weighted by Crippen LogP contribution is -2.16. The number of ether oxygens (including phenoxy) is 1. The zero-order valence-electron chi connectivity index (χ0n) is 11.2. The van der Waals surface area contributed by atoms with Crippen molar-refractivity contribution in [3.63, 3.8) is 0 Å². The van der Waals surface area contributed by atoms with Gasteiger partial charge in [0.2, 0.25) is 0 Å². The van der Waals surface area contributed by atoms with Gasteiger partial charge in [0.25, 0.3) is 0 Å². The van der Waals surface area contributed by atoms with Crippen LogP contribution in [0.15, 0.2) is 41.5 Å². The summed E-state index contributed by atoms with van der Waals surface area (Å²) < 4.78 is 6.64. The van der Waals surface area contributed by atoms with Crippen molar-refractivity contribution in [3.8, 4) is 11.8 Å². The zero-order chi connectivity index (χ0) is 15.4. The van der Waals surface area contributed by atoms with Crippen molar-refractivity contribution in [3.05, 3.63) is 63.6 Å². The third-order valence-corrected chi connectivity index (χ3v) is 2.96. The van der Waals surface area contributed by atoms with Crippen molar-refractivity contribution in [2.45, 2.75) is 6.54 Å². The average Bonchev–Trinajstić information content (AvgIpc) is 2.48. The molecule has 6 heteroatoms. The van der Waals surface area contributed by atoms with Crippen LogP contribution in [0.2, 0.25) is 0 Å². The van der Waals surface area contributed by atoms with E-state index in [1.54, 1.807) is 22.8 Å². The van der Waals surface area contributed by atoms with E-state index in [9.17, 15) is 9.59 Å². The minimum absolute atomic E-state index is 0.286. The molecular formula is C15H12N2O4. The summed E-state index contributed by atoms with van der Waals surface area (Å²) in [6.45, 7) is 0.346. The number of hydrogen-bond acceptors (Lipinski definition) is 4. The van der Waals surface area contributed by atoms with Crippen molar-refractivity contribution in [1.29, 1.82) is 5.26 Å².